The number of aliphatic hydroxyl groups is 6. The normalized spacial score (nSPS) is 45.2. The van der Waals surface area contributed by atoms with Gasteiger partial charge in [0.15, 0.2) is 12.6 Å². The molecule has 2 aliphatic rings. The van der Waals surface area contributed by atoms with E-state index in [-0.39, 0.29) is 6.42 Å². The van der Waals surface area contributed by atoms with Crippen molar-refractivity contribution in [2.75, 3.05) is 13.2 Å². The van der Waals surface area contributed by atoms with Crippen molar-refractivity contribution in [2.24, 2.45) is 0 Å². The number of hydrogen-bond acceptors (Lipinski definition) is 10. The molecule has 1 amide bonds. The van der Waals surface area contributed by atoms with Crippen molar-refractivity contribution < 1.29 is 49.6 Å². The zero-order valence-corrected chi connectivity index (χ0v) is 13.6. The lowest BCUT2D eigenvalue weighted by molar-refractivity contribution is -0.321. The van der Waals surface area contributed by atoms with Crippen molar-refractivity contribution in [2.45, 2.75) is 68.6 Å². The molecule has 2 aliphatic heterocycles. The third-order valence-electron chi connectivity index (χ3n) is 4.27. The van der Waals surface area contributed by atoms with Crippen LogP contribution in [0.5, 0.6) is 0 Å². The van der Waals surface area contributed by atoms with E-state index in [9.17, 15) is 35.4 Å². The Kier molecular flexibility index (Phi) is 7.08. The van der Waals surface area contributed by atoms with Crippen LogP contribution in [0.15, 0.2) is 0 Å². The smallest absolute Gasteiger partial charge is 0.217 e. The summed E-state index contributed by atoms with van der Waals surface area (Å²) in [6.07, 6.45) is -10.2. The van der Waals surface area contributed by atoms with Crippen molar-refractivity contribution >= 4 is 5.91 Å². The molecule has 0 bridgehead atoms. The number of amides is 1. The maximum atomic E-state index is 11.2. The molecule has 11 nitrogen and oxygen atoms in total. The molecule has 0 aromatic rings. The van der Waals surface area contributed by atoms with Crippen LogP contribution >= 0.6 is 0 Å². The maximum absolute atomic E-state index is 11.2. The van der Waals surface area contributed by atoms with E-state index in [1.807, 2.05) is 0 Å². The van der Waals surface area contributed by atoms with Gasteiger partial charge in [0.05, 0.1) is 19.3 Å². The third-order valence-corrected chi connectivity index (χ3v) is 4.27. The van der Waals surface area contributed by atoms with E-state index >= 15 is 0 Å². The van der Waals surface area contributed by atoms with E-state index in [2.05, 4.69) is 5.32 Å². The Labute approximate surface area is 143 Å². The first-order valence-corrected chi connectivity index (χ1v) is 7.96. The van der Waals surface area contributed by atoms with Gasteiger partial charge in [-0.1, -0.05) is 0 Å². The van der Waals surface area contributed by atoms with Crippen LogP contribution in [0.2, 0.25) is 0 Å². The summed E-state index contributed by atoms with van der Waals surface area (Å²) in [6.45, 7) is 0.0483. The van der Waals surface area contributed by atoms with Crippen LogP contribution in [-0.4, -0.2) is 105 Å². The van der Waals surface area contributed by atoms with Crippen molar-refractivity contribution in [3.63, 3.8) is 0 Å². The highest BCUT2D eigenvalue weighted by Gasteiger charge is 2.48. The first kappa shape index (κ1) is 20.4. The Bertz CT molecular complexity index is 451. The molecular weight excluding hydrogens is 342 g/mol. The first-order chi connectivity index (χ1) is 11.8. The SMILES string of the molecule is CC(=O)N[C@H]1C(O)O[C@H](CO)[C@@H](O[C@@H]2C[C@@H](O)[C@@H](O)[C@@H](CO)O2)[C@@H]1O. The summed E-state index contributed by atoms with van der Waals surface area (Å²) >= 11 is 0. The molecule has 2 saturated heterocycles. The molecule has 0 aliphatic carbocycles. The minimum absolute atomic E-state index is 0.146. The van der Waals surface area contributed by atoms with E-state index in [1.54, 1.807) is 0 Å². The molecular formula is C14H25NO10. The summed E-state index contributed by atoms with van der Waals surface area (Å²) in [7, 11) is 0. The quantitative estimate of drug-likeness (QED) is 0.252. The highest BCUT2D eigenvalue weighted by molar-refractivity contribution is 5.73. The lowest BCUT2D eigenvalue weighted by atomic mass is 9.96. The molecule has 2 fully saturated rings. The van der Waals surface area contributed by atoms with Crippen LogP contribution in [0.25, 0.3) is 0 Å². The molecule has 9 atom stereocenters. The van der Waals surface area contributed by atoms with E-state index in [4.69, 9.17) is 14.2 Å². The van der Waals surface area contributed by atoms with Crippen LogP contribution in [0.1, 0.15) is 13.3 Å². The molecule has 0 aromatic heterocycles. The van der Waals surface area contributed by atoms with Crippen LogP contribution in [0.3, 0.4) is 0 Å². The van der Waals surface area contributed by atoms with Crippen molar-refractivity contribution in [3.05, 3.63) is 0 Å². The molecule has 2 heterocycles. The molecule has 0 radical (unpaired) electrons. The standard InChI is InChI=1S/C14H25NO10/c1-5(18)15-10-12(21)13(8(4-17)24-14(10)22)25-9-2-6(19)11(20)7(3-16)23-9/h6-14,16-17,19-22H,2-4H2,1H3,(H,15,18)/t6-,7-,8-,9-,10-,11-,12-,13-,14?/m1/s1. The predicted molar refractivity (Wildman–Crippen MR) is 78.8 cm³/mol. The second-order valence-electron chi connectivity index (χ2n) is 6.15. The first-order valence-electron chi connectivity index (χ1n) is 7.96. The molecule has 0 aromatic carbocycles. The van der Waals surface area contributed by atoms with Gasteiger partial charge in [-0.25, -0.2) is 0 Å². The van der Waals surface area contributed by atoms with Gasteiger partial charge in [0.25, 0.3) is 0 Å². The fourth-order valence-electron chi connectivity index (χ4n) is 2.97. The predicted octanol–water partition coefficient (Wildman–Crippen LogP) is -4.22. The monoisotopic (exact) mass is 367 g/mol. The summed E-state index contributed by atoms with van der Waals surface area (Å²) in [4.78, 5) is 11.2. The Hall–Kier alpha value is -0.890. The lowest BCUT2D eigenvalue weighted by Gasteiger charge is -2.45. The number of nitrogens with one attached hydrogen (secondary N) is 1. The van der Waals surface area contributed by atoms with Gasteiger partial charge in [-0.3, -0.25) is 4.79 Å². The van der Waals surface area contributed by atoms with Crippen LogP contribution < -0.4 is 5.32 Å². The van der Waals surface area contributed by atoms with E-state index in [1.165, 1.54) is 6.92 Å². The average molecular weight is 367 g/mol. The van der Waals surface area contributed by atoms with E-state index in [0.717, 1.165) is 0 Å². The van der Waals surface area contributed by atoms with E-state index < -0.39 is 74.4 Å². The van der Waals surface area contributed by atoms with Gasteiger partial charge in [0.2, 0.25) is 5.91 Å². The molecule has 11 heteroatoms. The molecule has 25 heavy (non-hydrogen) atoms. The van der Waals surface area contributed by atoms with Gasteiger partial charge < -0.3 is 50.2 Å². The summed E-state index contributed by atoms with van der Waals surface area (Å²) in [5.74, 6) is -0.513. The lowest BCUT2D eigenvalue weighted by Crippen LogP contribution is -2.65. The summed E-state index contributed by atoms with van der Waals surface area (Å²) in [5, 5.41) is 60.7. The summed E-state index contributed by atoms with van der Waals surface area (Å²) in [5.41, 5.74) is 0. The molecule has 7 N–H and O–H groups in total. The average Bonchev–Trinajstić information content (AvgIpc) is 2.56. The van der Waals surface area contributed by atoms with Gasteiger partial charge in [-0.15, -0.1) is 0 Å². The van der Waals surface area contributed by atoms with Crippen molar-refractivity contribution in [1.82, 2.24) is 5.32 Å². The molecule has 0 spiro atoms. The number of hydrogen-bond donors (Lipinski definition) is 7. The largest absolute Gasteiger partial charge is 0.394 e. The molecule has 2 rings (SSSR count). The number of rotatable bonds is 5. The maximum Gasteiger partial charge on any atom is 0.217 e. The minimum Gasteiger partial charge on any atom is -0.394 e. The Morgan fingerprint density at radius 2 is 1.72 bits per heavy atom. The summed E-state index contributed by atoms with van der Waals surface area (Å²) in [6, 6.07) is -1.20. The van der Waals surface area contributed by atoms with Gasteiger partial charge >= 0.3 is 0 Å². The van der Waals surface area contributed by atoms with E-state index in [0.29, 0.717) is 0 Å². The third kappa shape index (κ3) is 4.64. The number of carbonyl (C=O) groups excluding carboxylic acids is 1. The Morgan fingerprint density at radius 3 is 2.28 bits per heavy atom. The van der Waals surface area contributed by atoms with Gasteiger partial charge in [0.1, 0.15) is 36.6 Å². The minimum atomic E-state index is -1.55. The van der Waals surface area contributed by atoms with Gasteiger partial charge in [-0.05, 0) is 0 Å². The summed E-state index contributed by atoms with van der Waals surface area (Å²) < 4.78 is 16.0. The van der Waals surface area contributed by atoms with Crippen LogP contribution in [0, 0.1) is 0 Å². The second kappa shape index (κ2) is 8.66. The van der Waals surface area contributed by atoms with Crippen LogP contribution in [-0.2, 0) is 19.0 Å². The van der Waals surface area contributed by atoms with Gasteiger partial charge in [-0.2, -0.15) is 0 Å². The Balaban J connectivity index is 2.10. The highest BCUT2D eigenvalue weighted by Crippen LogP contribution is 2.28. The second-order valence-corrected chi connectivity index (χ2v) is 6.15. The van der Waals surface area contributed by atoms with Crippen molar-refractivity contribution in [1.29, 1.82) is 0 Å². The molecule has 146 valence electrons. The number of aliphatic hydroxyl groups excluding tert-OH is 6. The topological polar surface area (TPSA) is 178 Å². The fourth-order valence-corrected chi connectivity index (χ4v) is 2.97. The zero-order chi connectivity index (χ0) is 18.7. The molecule has 1 unspecified atom stereocenters. The van der Waals surface area contributed by atoms with Crippen LogP contribution in [0.4, 0.5) is 0 Å². The number of ether oxygens (including phenoxy) is 3. The number of carbonyl (C=O) groups is 1. The van der Waals surface area contributed by atoms with Crippen molar-refractivity contribution in [3.8, 4) is 0 Å². The molecule has 0 saturated carbocycles. The highest BCUT2D eigenvalue weighted by atomic mass is 16.7. The Morgan fingerprint density at radius 1 is 1.08 bits per heavy atom. The van der Waals surface area contributed by atoms with Gasteiger partial charge in [0, 0.05) is 13.3 Å². The zero-order valence-electron chi connectivity index (χ0n) is 13.6. The fraction of sp³-hybridized carbons (Fsp3) is 0.929.